The van der Waals surface area contributed by atoms with Crippen LogP contribution < -0.4 is 11.1 Å². The van der Waals surface area contributed by atoms with Crippen molar-refractivity contribution in [3.8, 4) is 0 Å². The highest BCUT2D eigenvalue weighted by Crippen LogP contribution is 2.31. The van der Waals surface area contributed by atoms with Gasteiger partial charge in [-0.05, 0) is 54.4 Å². The molecule has 2 rings (SSSR count). The van der Waals surface area contributed by atoms with E-state index in [1.54, 1.807) is 0 Å². The first-order valence-corrected chi connectivity index (χ1v) is 7.65. The first kappa shape index (κ1) is 14.9. The van der Waals surface area contributed by atoms with Crippen molar-refractivity contribution in [1.29, 1.82) is 0 Å². The fourth-order valence-corrected chi connectivity index (χ4v) is 2.77. The summed E-state index contributed by atoms with van der Waals surface area (Å²) < 4.78 is 0. The summed E-state index contributed by atoms with van der Waals surface area (Å²) in [5.74, 6) is 1.13. The molecule has 3 nitrogen and oxygen atoms in total. The number of nitrogens with one attached hydrogen (secondary N) is 1. The molecule has 0 aromatic heterocycles. The van der Waals surface area contributed by atoms with Gasteiger partial charge in [-0.25, -0.2) is 0 Å². The number of nitrogen functional groups attached to an aromatic ring is 1. The SMILES string of the molecule is CC(C)C(C)CC(=O)NC1CCCc2cc(N)ccc21. The summed E-state index contributed by atoms with van der Waals surface area (Å²) in [4.78, 5) is 12.2. The molecule has 20 heavy (non-hydrogen) atoms. The molecule has 0 radical (unpaired) electrons. The van der Waals surface area contributed by atoms with Crippen LogP contribution in [0.15, 0.2) is 18.2 Å². The highest BCUT2D eigenvalue weighted by Gasteiger charge is 2.22. The largest absolute Gasteiger partial charge is 0.399 e. The van der Waals surface area contributed by atoms with Gasteiger partial charge in [0, 0.05) is 12.1 Å². The predicted molar refractivity (Wildman–Crippen MR) is 83.3 cm³/mol. The molecule has 2 unspecified atom stereocenters. The molecule has 0 fully saturated rings. The summed E-state index contributed by atoms with van der Waals surface area (Å²) in [5.41, 5.74) is 9.19. The van der Waals surface area contributed by atoms with E-state index in [2.05, 4.69) is 32.2 Å². The van der Waals surface area contributed by atoms with Crippen LogP contribution in [0.1, 0.15) is 57.2 Å². The number of carbonyl (C=O) groups excluding carboxylic acids is 1. The molecule has 1 aromatic carbocycles. The Labute approximate surface area is 121 Å². The molecule has 0 aliphatic heterocycles. The lowest BCUT2D eigenvalue weighted by atomic mass is 9.87. The highest BCUT2D eigenvalue weighted by molar-refractivity contribution is 5.76. The molecule has 110 valence electrons. The molecule has 0 heterocycles. The van der Waals surface area contributed by atoms with Gasteiger partial charge in [0.05, 0.1) is 6.04 Å². The molecule has 1 aliphatic carbocycles. The number of fused-ring (bicyclic) bond motifs is 1. The first-order valence-electron chi connectivity index (χ1n) is 7.65. The Bertz CT molecular complexity index is 482. The summed E-state index contributed by atoms with van der Waals surface area (Å²) in [7, 11) is 0. The van der Waals surface area contributed by atoms with Crippen molar-refractivity contribution in [3.63, 3.8) is 0 Å². The maximum Gasteiger partial charge on any atom is 0.220 e. The predicted octanol–water partition coefficient (Wildman–Crippen LogP) is 3.44. The fraction of sp³-hybridized carbons (Fsp3) is 0.588. The van der Waals surface area contributed by atoms with Crippen LogP contribution in [-0.4, -0.2) is 5.91 Å². The number of nitrogens with two attached hydrogens (primary N) is 1. The third kappa shape index (κ3) is 3.53. The zero-order valence-corrected chi connectivity index (χ0v) is 12.8. The number of hydrogen-bond donors (Lipinski definition) is 2. The minimum Gasteiger partial charge on any atom is -0.399 e. The monoisotopic (exact) mass is 274 g/mol. The van der Waals surface area contributed by atoms with E-state index >= 15 is 0 Å². The van der Waals surface area contributed by atoms with Gasteiger partial charge >= 0.3 is 0 Å². The second-order valence-corrected chi connectivity index (χ2v) is 6.40. The lowest BCUT2D eigenvalue weighted by Gasteiger charge is -2.27. The van der Waals surface area contributed by atoms with Crippen molar-refractivity contribution in [3.05, 3.63) is 29.3 Å². The molecule has 0 saturated carbocycles. The number of hydrogen-bond acceptors (Lipinski definition) is 2. The minimum absolute atomic E-state index is 0.159. The van der Waals surface area contributed by atoms with Gasteiger partial charge in [-0.3, -0.25) is 4.79 Å². The summed E-state index contributed by atoms with van der Waals surface area (Å²) in [6, 6.07) is 6.21. The Morgan fingerprint density at radius 1 is 1.40 bits per heavy atom. The molecule has 1 aliphatic rings. The zero-order valence-electron chi connectivity index (χ0n) is 12.8. The lowest BCUT2D eigenvalue weighted by Crippen LogP contribution is -2.32. The molecule has 0 saturated heterocycles. The number of rotatable bonds is 4. The second kappa shape index (κ2) is 6.29. The van der Waals surface area contributed by atoms with Gasteiger partial charge in [-0.2, -0.15) is 0 Å². The van der Waals surface area contributed by atoms with Gasteiger partial charge in [0.1, 0.15) is 0 Å². The quantitative estimate of drug-likeness (QED) is 0.826. The van der Waals surface area contributed by atoms with Crippen LogP contribution in [0.5, 0.6) is 0 Å². The Kier molecular flexibility index (Phi) is 4.69. The van der Waals surface area contributed by atoms with Crippen LogP contribution >= 0.6 is 0 Å². The van der Waals surface area contributed by atoms with Crippen molar-refractivity contribution < 1.29 is 4.79 Å². The summed E-state index contributed by atoms with van der Waals surface area (Å²) >= 11 is 0. The zero-order chi connectivity index (χ0) is 14.7. The van der Waals surface area contributed by atoms with Gasteiger partial charge < -0.3 is 11.1 Å². The Hall–Kier alpha value is -1.51. The Morgan fingerprint density at radius 2 is 2.15 bits per heavy atom. The molecule has 3 heteroatoms. The Balaban J connectivity index is 2.03. The topological polar surface area (TPSA) is 55.1 Å². The molecule has 2 atom stereocenters. The standard InChI is InChI=1S/C17H26N2O/c1-11(2)12(3)9-17(20)19-16-6-4-5-13-10-14(18)7-8-15(13)16/h7-8,10-12,16H,4-6,9,18H2,1-3H3,(H,19,20). The molecular weight excluding hydrogens is 248 g/mol. The van der Waals surface area contributed by atoms with E-state index in [-0.39, 0.29) is 11.9 Å². The van der Waals surface area contributed by atoms with Crippen molar-refractivity contribution in [1.82, 2.24) is 5.32 Å². The van der Waals surface area contributed by atoms with Crippen LogP contribution in [0, 0.1) is 11.8 Å². The maximum atomic E-state index is 12.2. The van der Waals surface area contributed by atoms with E-state index in [0.717, 1.165) is 24.9 Å². The first-order chi connectivity index (χ1) is 9.47. The van der Waals surface area contributed by atoms with Gasteiger partial charge in [-0.15, -0.1) is 0 Å². The molecule has 3 N–H and O–H groups in total. The minimum atomic E-state index is 0.159. The molecule has 1 aromatic rings. The van der Waals surface area contributed by atoms with E-state index in [4.69, 9.17) is 5.73 Å². The number of benzene rings is 1. The second-order valence-electron chi connectivity index (χ2n) is 6.40. The van der Waals surface area contributed by atoms with Crippen LogP contribution in [0.2, 0.25) is 0 Å². The third-order valence-corrected chi connectivity index (χ3v) is 4.46. The summed E-state index contributed by atoms with van der Waals surface area (Å²) in [5, 5.41) is 3.20. The van der Waals surface area contributed by atoms with E-state index < -0.39 is 0 Å². The van der Waals surface area contributed by atoms with Gasteiger partial charge in [-0.1, -0.05) is 26.8 Å². The van der Waals surface area contributed by atoms with Crippen LogP contribution in [0.25, 0.3) is 0 Å². The normalized spacial score (nSPS) is 19.5. The number of carbonyl (C=O) groups is 1. The molecular formula is C17H26N2O. The number of amides is 1. The summed E-state index contributed by atoms with van der Waals surface area (Å²) in [6.07, 6.45) is 3.81. The molecule has 0 bridgehead atoms. The highest BCUT2D eigenvalue weighted by atomic mass is 16.1. The number of aryl methyl sites for hydroxylation is 1. The van der Waals surface area contributed by atoms with Crippen molar-refractivity contribution in [2.24, 2.45) is 11.8 Å². The third-order valence-electron chi connectivity index (χ3n) is 4.46. The lowest BCUT2D eigenvalue weighted by molar-refractivity contribution is -0.123. The molecule has 1 amide bonds. The van der Waals surface area contributed by atoms with E-state index in [9.17, 15) is 4.79 Å². The van der Waals surface area contributed by atoms with Crippen LogP contribution in [0.3, 0.4) is 0 Å². The van der Waals surface area contributed by atoms with E-state index in [1.165, 1.54) is 11.1 Å². The maximum absolute atomic E-state index is 12.2. The van der Waals surface area contributed by atoms with Crippen molar-refractivity contribution in [2.45, 2.75) is 52.5 Å². The Morgan fingerprint density at radius 3 is 2.85 bits per heavy atom. The van der Waals surface area contributed by atoms with Crippen molar-refractivity contribution >= 4 is 11.6 Å². The average Bonchev–Trinajstić information content (AvgIpc) is 2.38. The van der Waals surface area contributed by atoms with Gasteiger partial charge in [0.2, 0.25) is 5.91 Å². The smallest absolute Gasteiger partial charge is 0.220 e. The van der Waals surface area contributed by atoms with Gasteiger partial charge in [0.15, 0.2) is 0 Å². The fourth-order valence-electron chi connectivity index (χ4n) is 2.77. The number of anilines is 1. The van der Waals surface area contributed by atoms with E-state index in [0.29, 0.717) is 18.3 Å². The average molecular weight is 274 g/mol. The molecule has 0 spiro atoms. The summed E-state index contributed by atoms with van der Waals surface area (Å²) in [6.45, 7) is 6.47. The van der Waals surface area contributed by atoms with Crippen LogP contribution in [0.4, 0.5) is 5.69 Å². The van der Waals surface area contributed by atoms with Gasteiger partial charge in [0.25, 0.3) is 0 Å². The van der Waals surface area contributed by atoms with Crippen molar-refractivity contribution in [2.75, 3.05) is 5.73 Å². The van der Waals surface area contributed by atoms with Crippen LogP contribution in [-0.2, 0) is 11.2 Å². The van der Waals surface area contributed by atoms with E-state index in [1.807, 2.05) is 12.1 Å².